The van der Waals surface area contributed by atoms with Crippen LogP contribution in [0.2, 0.25) is 0 Å². The van der Waals surface area contributed by atoms with Gasteiger partial charge in [-0.15, -0.1) is 0 Å². The van der Waals surface area contributed by atoms with Crippen molar-refractivity contribution in [1.29, 1.82) is 0 Å². The first-order valence-corrected chi connectivity index (χ1v) is 6.69. The Kier molecular flexibility index (Phi) is 5.33. The topological polar surface area (TPSA) is 32.3 Å². The number of carbonyl (C=O) groups is 1. The van der Waals surface area contributed by atoms with Crippen molar-refractivity contribution in [3.8, 4) is 0 Å². The highest BCUT2D eigenvalue weighted by atomic mass is 19.1. The Morgan fingerprint density at radius 2 is 2.00 bits per heavy atom. The van der Waals surface area contributed by atoms with Crippen molar-refractivity contribution in [1.82, 2.24) is 4.90 Å². The van der Waals surface area contributed by atoms with E-state index in [2.05, 4.69) is 19.2 Å². The van der Waals surface area contributed by atoms with Crippen molar-refractivity contribution in [3.05, 3.63) is 29.6 Å². The van der Waals surface area contributed by atoms with Crippen molar-refractivity contribution in [2.24, 2.45) is 5.92 Å². The standard InChI is InChI=1S/C15H23FN2O/c1-6-17-14-12(8-7-9-13(14)16)15(19)18(5)11(4)10(2)3/h7-11,17H,6H2,1-5H3. The normalized spacial score (nSPS) is 12.4. The minimum atomic E-state index is -0.390. The molecule has 1 N–H and O–H groups in total. The maximum absolute atomic E-state index is 13.8. The lowest BCUT2D eigenvalue weighted by Crippen LogP contribution is -2.38. The number of hydrogen-bond donors (Lipinski definition) is 1. The molecular formula is C15H23FN2O. The molecule has 1 unspecified atom stereocenters. The van der Waals surface area contributed by atoms with Crippen molar-refractivity contribution in [2.75, 3.05) is 18.9 Å². The van der Waals surface area contributed by atoms with Gasteiger partial charge in [0.15, 0.2) is 0 Å². The molecule has 19 heavy (non-hydrogen) atoms. The zero-order valence-corrected chi connectivity index (χ0v) is 12.3. The van der Waals surface area contributed by atoms with E-state index in [1.54, 1.807) is 24.1 Å². The van der Waals surface area contributed by atoms with Crippen LogP contribution in [0.5, 0.6) is 0 Å². The van der Waals surface area contributed by atoms with Gasteiger partial charge in [-0.2, -0.15) is 0 Å². The number of benzene rings is 1. The first-order valence-electron chi connectivity index (χ1n) is 6.69. The maximum Gasteiger partial charge on any atom is 0.256 e. The Morgan fingerprint density at radius 1 is 1.37 bits per heavy atom. The fourth-order valence-electron chi connectivity index (χ4n) is 1.88. The highest BCUT2D eigenvalue weighted by Crippen LogP contribution is 2.22. The van der Waals surface area contributed by atoms with Crippen molar-refractivity contribution in [3.63, 3.8) is 0 Å². The number of amides is 1. The van der Waals surface area contributed by atoms with Crippen molar-refractivity contribution in [2.45, 2.75) is 33.7 Å². The van der Waals surface area contributed by atoms with E-state index in [9.17, 15) is 9.18 Å². The van der Waals surface area contributed by atoms with E-state index in [0.29, 0.717) is 18.0 Å². The molecule has 1 rings (SSSR count). The fraction of sp³-hybridized carbons (Fsp3) is 0.533. The van der Waals surface area contributed by atoms with Crippen LogP contribution in [-0.2, 0) is 0 Å². The number of hydrogen-bond acceptors (Lipinski definition) is 2. The maximum atomic E-state index is 13.8. The predicted octanol–water partition coefficient (Wildman–Crippen LogP) is 3.37. The molecule has 0 aliphatic carbocycles. The first kappa shape index (κ1) is 15.5. The predicted molar refractivity (Wildman–Crippen MR) is 77.0 cm³/mol. The summed E-state index contributed by atoms with van der Waals surface area (Å²) >= 11 is 0. The number of anilines is 1. The lowest BCUT2D eigenvalue weighted by Gasteiger charge is -2.28. The van der Waals surface area contributed by atoms with Crippen LogP contribution in [0.25, 0.3) is 0 Å². The van der Waals surface area contributed by atoms with E-state index in [1.165, 1.54) is 6.07 Å². The lowest BCUT2D eigenvalue weighted by atomic mass is 10.0. The number of halogens is 1. The molecule has 0 fully saturated rings. The molecule has 0 saturated carbocycles. The molecule has 0 spiro atoms. The minimum absolute atomic E-state index is 0.102. The van der Waals surface area contributed by atoms with Gasteiger partial charge in [0.25, 0.3) is 5.91 Å². The molecule has 0 saturated heterocycles. The van der Waals surface area contributed by atoms with Crippen LogP contribution < -0.4 is 5.32 Å². The molecule has 0 radical (unpaired) electrons. The van der Waals surface area contributed by atoms with Gasteiger partial charge in [0.1, 0.15) is 5.82 Å². The monoisotopic (exact) mass is 266 g/mol. The minimum Gasteiger partial charge on any atom is -0.382 e. The molecular weight excluding hydrogens is 243 g/mol. The molecule has 1 aromatic carbocycles. The third-order valence-electron chi connectivity index (χ3n) is 3.49. The second-order valence-electron chi connectivity index (χ2n) is 5.09. The van der Waals surface area contributed by atoms with E-state index in [0.717, 1.165) is 0 Å². The average molecular weight is 266 g/mol. The summed E-state index contributed by atoms with van der Waals surface area (Å²) in [6.45, 7) is 8.57. The Hall–Kier alpha value is -1.58. The molecule has 1 amide bonds. The number of nitrogens with one attached hydrogen (secondary N) is 1. The second kappa shape index (κ2) is 6.55. The second-order valence-corrected chi connectivity index (χ2v) is 5.09. The number of para-hydroxylation sites is 1. The van der Waals surface area contributed by atoms with Gasteiger partial charge in [-0.25, -0.2) is 4.39 Å². The molecule has 0 aliphatic rings. The molecule has 0 aliphatic heterocycles. The Balaban J connectivity index is 3.09. The number of rotatable bonds is 5. The SMILES string of the molecule is CCNc1c(F)cccc1C(=O)N(C)C(C)C(C)C. The summed E-state index contributed by atoms with van der Waals surface area (Å²) in [5.74, 6) is -0.194. The Bertz CT molecular complexity index is 446. The van der Waals surface area contributed by atoms with E-state index in [-0.39, 0.29) is 17.6 Å². The Morgan fingerprint density at radius 3 is 2.53 bits per heavy atom. The van der Waals surface area contributed by atoms with E-state index < -0.39 is 5.82 Å². The zero-order chi connectivity index (χ0) is 14.6. The molecule has 0 bridgehead atoms. The van der Waals surface area contributed by atoms with Crippen LogP contribution in [0.15, 0.2) is 18.2 Å². The summed E-state index contributed by atoms with van der Waals surface area (Å²) in [7, 11) is 1.76. The third kappa shape index (κ3) is 3.46. The van der Waals surface area contributed by atoms with E-state index >= 15 is 0 Å². The number of nitrogens with zero attached hydrogens (tertiary/aromatic N) is 1. The third-order valence-corrected chi connectivity index (χ3v) is 3.49. The van der Waals surface area contributed by atoms with Crippen LogP contribution in [0, 0.1) is 11.7 Å². The number of carbonyl (C=O) groups excluding carboxylic acids is 1. The fourth-order valence-corrected chi connectivity index (χ4v) is 1.88. The summed E-state index contributed by atoms with van der Waals surface area (Å²) in [4.78, 5) is 14.1. The Labute approximate surface area is 114 Å². The summed E-state index contributed by atoms with van der Waals surface area (Å²) in [6, 6.07) is 4.69. The van der Waals surface area contributed by atoms with Crippen LogP contribution in [-0.4, -0.2) is 30.4 Å². The van der Waals surface area contributed by atoms with E-state index in [1.807, 2.05) is 13.8 Å². The van der Waals surface area contributed by atoms with Gasteiger partial charge in [-0.1, -0.05) is 19.9 Å². The first-order chi connectivity index (χ1) is 8.90. The van der Waals surface area contributed by atoms with Crippen LogP contribution >= 0.6 is 0 Å². The summed E-state index contributed by atoms with van der Waals surface area (Å²) in [5, 5.41) is 2.93. The molecule has 0 aromatic heterocycles. The summed E-state index contributed by atoms with van der Waals surface area (Å²) in [6.07, 6.45) is 0. The molecule has 4 heteroatoms. The summed E-state index contributed by atoms with van der Waals surface area (Å²) < 4.78 is 13.8. The molecule has 1 atom stereocenters. The van der Waals surface area contributed by atoms with Crippen LogP contribution in [0.1, 0.15) is 38.1 Å². The van der Waals surface area contributed by atoms with Gasteiger partial charge >= 0.3 is 0 Å². The average Bonchev–Trinajstić information content (AvgIpc) is 2.38. The molecule has 106 valence electrons. The highest BCUT2D eigenvalue weighted by Gasteiger charge is 2.23. The van der Waals surface area contributed by atoms with Crippen molar-refractivity contribution < 1.29 is 9.18 Å². The van der Waals surface area contributed by atoms with Crippen LogP contribution in [0.3, 0.4) is 0 Å². The van der Waals surface area contributed by atoms with Gasteiger partial charge < -0.3 is 10.2 Å². The van der Waals surface area contributed by atoms with Gasteiger partial charge in [0.2, 0.25) is 0 Å². The van der Waals surface area contributed by atoms with Gasteiger partial charge in [0.05, 0.1) is 11.3 Å². The summed E-state index contributed by atoms with van der Waals surface area (Å²) in [5.41, 5.74) is 0.676. The quantitative estimate of drug-likeness (QED) is 0.886. The van der Waals surface area contributed by atoms with Gasteiger partial charge in [0, 0.05) is 19.6 Å². The highest BCUT2D eigenvalue weighted by molar-refractivity contribution is 5.99. The van der Waals surface area contributed by atoms with E-state index in [4.69, 9.17) is 0 Å². The van der Waals surface area contributed by atoms with Gasteiger partial charge in [-0.3, -0.25) is 4.79 Å². The molecule has 0 heterocycles. The molecule has 1 aromatic rings. The zero-order valence-electron chi connectivity index (χ0n) is 12.3. The lowest BCUT2D eigenvalue weighted by molar-refractivity contribution is 0.0707. The van der Waals surface area contributed by atoms with Gasteiger partial charge in [-0.05, 0) is 31.9 Å². The van der Waals surface area contributed by atoms with Crippen molar-refractivity contribution >= 4 is 11.6 Å². The smallest absolute Gasteiger partial charge is 0.256 e. The molecule has 3 nitrogen and oxygen atoms in total. The largest absolute Gasteiger partial charge is 0.382 e. The van der Waals surface area contributed by atoms with Crippen LogP contribution in [0.4, 0.5) is 10.1 Å².